The van der Waals surface area contributed by atoms with Crippen LogP contribution in [0.5, 0.6) is 11.5 Å². The maximum Gasteiger partial charge on any atom is 0.261 e. The van der Waals surface area contributed by atoms with E-state index in [0.717, 1.165) is 5.56 Å². The van der Waals surface area contributed by atoms with Crippen LogP contribution in [0.4, 0.5) is 11.4 Å². The third-order valence-electron chi connectivity index (χ3n) is 4.37. The van der Waals surface area contributed by atoms with E-state index in [4.69, 9.17) is 9.47 Å². The van der Waals surface area contributed by atoms with E-state index in [9.17, 15) is 13.2 Å². The van der Waals surface area contributed by atoms with Gasteiger partial charge in [-0.15, -0.1) is 0 Å². The molecule has 0 spiro atoms. The lowest BCUT2D eigenvalue weighted by atomic mass is 10.2. The van der Waals surface area contributed by atoms with E-state index in [1.807, 2.05) is 19.1 Å². The van der Waals surface area contributed by atoms with Gasteiger partial charge in [0.1, 0.15) is 0 Å². The molecule has 0 unspecified atom stereocenters. The van der Waals surface area contributed by atoms with Gasteiger partial charge in [0.2, 0.25) is 0 Å². The second kappa shape index (κ2) is 8.87. The second-order valence-electron chi connectivity index (χ2n) is 6.52. The van der Waals surface area contributed by atoms with Crippen LogP contribution in [0.1, 0.15) is 15.9 Å². The summed E-state index contributed by atoms with van der Waals surface area (Å²) in [5.74, 6) is 0.600. The van der Waals surface area contributed by atoms with Gasteiger partial charge in [-0.05, 0) is 61.5 Å². The highest BCUT2D eigenvalue weighted by Crippen LogP contribution is 2.28. The molecule has 0 aromatic heterocycles. The Labute approximate surface area is 175 Å². The molecule has 1 amide bonds. The molecule has 3 aromatic carbocycles. The van der Waals surface area contributed by atoms with E-state index in [0.29, 0.717) is 28.4 Å². The SMILES string of the molecule is COc1ccc(C(=O)Nc2ccc(S(=O)(=O)Nc3ccc(C)cc3)cc2)cc1OC. The van der Waals surface area contributed by atoms with Gasteiger partial charge in [0.05, 0.1) is 19.1 Å². The first-order valence-electron chi connectivity index (χ1n) is 9.05. The number of benzene rings is 3. The summed E-state index contributed by atoms with van der Waals surface area (Å²) in [6.07, 6.45) is 0. The molecule has 0 saturated heterocycles. The molecule has 0 saturated carbocycles. The summed E-state index contributed by atoms with van der Waals surface area (Å²) >= 11 is 0. The van der Waals surface area contributed by atoms with Crippen molar-refractivity contribution in [2.75, 3.05) is 24.3 Å². The summed E-state index contributed by atoms with van der Waals surface area (Å²) in [5.41, 5.74) is 2.36. The molecule has 0 fully saturated rings. The zero-order valence-corrected chi connectivity index (χ0v) is 17.6. The molecule has 3 aromatic rings. The van der Waals surface area contributed by atoms with Crippen LogP contribution in [0, 0.1) is 6.92 Å². The molecular weight excluding hydrogens is 404 g/mol. The number of hydrogen-bond acceptors (Lipinski definition) is 5. The quantitative estimate of drug-likeness (QED) is 0.594. The molecule has 2 N–H and O–H groups in total. The molecule has 0 aliphatic rings. The lowest BCUT2D eigenvalue weighted by Crippen LogP contribution is -2.14. The van der Waals surface area contributed by atoms with Crippen LogP contribution in [0.3, 0.4) is 0 Å². The fourth-order valence-electron chi connectivity index (χ4n) is 2.73. The molecule has 8 heteroatoms. The van der Waals surface area contributed by atoms with E-state index in [1.54, 1.807) is 30.3 Å². The summed E-state index contributed by atoms with van der Waals surface area (Å²) in [4.78, 5) is 12.6. The minimum atomic E-state index is -3.73. The number of sulfonamides is 1. The Kier molecular flexibility index (Phi) is 6.27. The predicted octanol–water partition coefficient (Wildman–Crippen LogP) is 4.07. The van der Waals surface area contributed by atoms with E-state index in [-0.39, 0.29) is 10.8 Å². The van der Waals surface area contributed by atoms with Crippen molar-refractivity contribution >= 4 is 27.3 Å². The van der Waals surface area contributed by atoms with Gasteiger partial charge in [-0.3, -0.25) is 9.52 Å². The number of ether oxygens (including phenoxy) is 2. The maximum atomic E-state index is 12.5. The van der Waals surface area contributed by atoms with Crippen LogP contribution in [-0.2, 0) is 10.0 Å². The van der Waals surface area contributed by atoms with Crippen molar-refractivity contribution in [2.45, 2.75) is 11.8 Å². The summed E-state index contributed by atoms with van der Waals surface area (Å²) in [5, 5.41) is 2.73. The van der Waals surface area contributed by atoms with Crippen LogP contribution in [0.2, 0.25) is 0 Å². The van der Waals surface area contributed by atoms with Gasteiger partial charge >= 0.3 is 0 Å². The van der Waals surface area contributed by atoms with Crippen molar-refractivity contribution in [1.29, 1.82) is 0 Å². The van der Waals surface area contributed by atoms with Crippen molar-refractivity contribution in [3.63, 3.8) is 0 Å². The van der Waals surface area contributed by atoms with Crippen molar-refractivity contribution in [2.24, 2.45) is 0 Å². The third kappa shape index (κ3) is 4.90. The highest BCUT2D eigenvalue weighted by molar-refractivity contribution is 7.92. The highest BCUT2D eigenvalue weighted by Gasteiger charge is 2.15. The number of anilines is 2. The van der Waals surface area contributed by atoms with Gasteiger partial charge in [0.25, 0.3) is 15.9 Å². The van der Waals surface area contributed by atoms with Crippen molar-refractivity contribution in [3.05, 3.63) is 77.9 Å². The molecule has 0 heterocycles. The summed E-state index contributed by atoms with van der Waals surface area (Å²) in [6, 6.07) is 17.8. The number of hydrogen-bond donors (Lipinski definition) is 2. The van der Waals surface area contributed by atoms with Gasteiger partial charge in [0.15, 0.2) is 11.5 Å². The van der Waals surface area contributed by atoms with Gasteiger partial charge < -0.3 is 14.8 Å². The summed E-state index contributed by atoms with van der Waals surface area (Å²) < 4.78 is 38.0. The first-order valence-corrected chi connectivity index (χ1v) is 10.5. The van der Waals surface area contributed by atoms with E-state index in [2.05, 4.69) is 10.0 Å². The fourth-order valence-corrected chi connectivity index (χ4v) is 3.79. The van der Waals surface area contributed by atoms with Crippen LogP contribution < -0.4 is 19.5 Å². The Morgan fingerprint density at radius 3 is 2.00 bits per heavy atom. The molecule has 0 aliphatic heterocycles. The van der Waals surface area contributed by atoms with Crippen molar-refractivity contribution in [1.82, 2.24) is 0 Å². The lowest BCUT2D eigenvalue weighted by molar-refractivity contribution is 0.102. The Hall–Kier alpha value is -3.52. The topological polar surface area (TPSA) is 93.7 Å². The van der Waals surface area contributed by atoms with Crippen LogP contribution >= 0.6 is 0 Å². The number of rotatable bonds is 7. The zero-order chi connectivity index (χ0) is 21.7. The van der Waals surface area contributed by atoms with E-state index < -0.39 is 10.0 Å². The predicted molar refractivity (Wildman–Crippen MR) is 116 cm³/mol. The standard InChI is InChI=1S/C22H22N2O5S/c1-15-4-7-18(8-5-15)24-30(26,27)19-11-9-17(10-12-19)23-22(25)16-6-13-20(28-2)21(14-16)29-3/h4-14,24H,1-3H3,(H,23,25). The largest absolute Gasteiger partial charge is 0.493 e. The average Bonchev–Trinajstić information content (AvgIpc) is 2.75. The molecule has 156 valence electrons. The Morgan fingerprint density at radius 1 is 0.800 bits per heavy atom. The third-order valence-corrected chi connectivity index (χ3v) is 5.77. The van der Waals surface area contributed by atoms with Crippen LogP contribution in [0.25, 0.3) is 0 Å². The molecule has 30 heavy (non-hydrogen) atoms. The number of nitrogens with one attached hydrogen (secondary N) is 2. The number of carbonyl (C=O) groups excluding carboxylic acids is 1. The molecule has 3 rings (SSSR count). The first kappa shape index (κ1) is 21.2. The number of carbonyl (C=O) groups is 1. The fraction of sp³-hybridized carbons (Fsp3) is 0.136. The minimum absolute atomic E-state index is 0.0900. The second-order valence-corrected chi connectivity index (χ2v) is 8.20. The average molecular weight is 426 g/mol. The highest BCUT2D eigenvalue weighted by atomic mass is 32.2. The van der Waals surface area contributed by atoms with E-state index in [1.165, 1.54) is 38.5 Å². The smallest absolute Gasteiger partial charge is 0.261 e. The van der Waals surface area contributed by atoms with Gasteiger partial charge in [-0.2, -0.15) is 0 Å². The number of aryl methyl sites for hydroxylation is 1. The Morgan fingerprint density at radius 2 is 1.40 bits per heavy atom. The van der Waals surface area contributed by atoms with Gasteiger partial charge in [-0.1, -0.05) is 17.7 Å². The van der Waals surface area contributed by atoms with Crippen molar-refractivity contribution in [3.8, 4) is 11.5 Å². The lowest BCUT2D eigenvalue weighted by Gasteiger charge is -2.11. The van der Waals surface area contributed by atoms with Crippen molar-refractivity contribution < 1.29 is 22.7 Å². The normalized spacial score (nSPS) is 10.9. The van der Waals surface area contributed by atoms with E-state index >= 15 is 0 Å². The molecular formula is C22H22N2O5S. The molecule has 0 atom stereocenters. The summed E-state index contributed by atoms with van der Waals surface area (Å²) in [6.45, 7) is 1.92. The summed E-state index contributed by atoms with van der Waals surface area (Å²) in [7, 11) is -0.729. The molecule has 0 aliphatic carbocycles. The minimum Gasteiger partial charge on any atom is -0.493 e. The molecule has 7 nitrogen and oxygen atoms in total. The van der Waals surface area contributed by atoms with Gasteiger partial charge in [-0.25, -0.2) is 8.42 Å². The van der Waals surface area contributed by atoms with Gasteiger partial charge in [0, 0.05) is 16.9 Å². The Balaban J connectivity index is 1.72. The maximum absolute atomic E-state index is 12.5. The van der Waals surface area contributed by atoms with Crippen LogP contribution in [0.15, 0.2) is 71.6 Å². The number of amides is 1. The first-order chi connectivity index (χ1) is 14.3. The molecule has 0 bridgehead atoms. The zero-order valence-electron chi connectivity index (χ0n) is 16.8. The number of methoxy groups -OCH3 is 2. The monoisotopic (exact) mass is 426 g/mol. The Bertz CT molecular complexity index is 1140. The molecule has 0 radical (unpaired) electrons. The van der Waals surface area contributed by atoms with Crippen LogP contribution in [-0.4, -0.2) is 28.5 Å².